The first kappa shape index (κ1) is 31.9. The molecule has 0 spiro atoms. The van der Waals surface area contributed by atoms with Gasteiger partial charge in [-0.1, -0.05) is 59.7 Å². The van der Waals surface area contributed by atoms with Crippen LogP contribution in [0, 0.1) is 30.6 Å². The number of fused-ring (bicyclic) bond motifs is 4. The van der Waals surface area contributed by atoms with Crippen molar-refractivity contribution in [2.45, 2.75) is 31.1 Å². The van der Waals surface area contributed by atoms with Gasteiger partial charge in [0.05, 0.1) is 50.2 Å². The lowest BCUT2D eigenvalue weighted by Crippen LogP contribution is -2.53. The number of carbonyl (C=O) groups is 5. The molecule has 3 aromatic rings. The Kier molecular flexibility index (Phi) is 7.69. The fourth-order valence-corrected chi connectivity index (χ4v) is 8.47. The second kappa shape index (κ2) is 11.8. The number of allylic oxidation sites excluding steroid dienone is 2. The van der Waals surface area contributed by atoms with Gasteiger partial charge in [0.1, 0.15) is 0 Å². The van der Waals surface area contributed by atoms with Gasteiger partial charge in [-0.25, -0.2) is 4.79 Å². The predicted octanol–water partition coefficient (Wildman–Crippen LogP) is 4.47. The number of carbonyl (C=O) groups excluding carboxylic acids is 5. The summed E-state index contributed by atoms with van der Waals surface area (Å²) < 4.78 is 15.9. The molecule has 2 saturated heterocycles. The Hall–Kier alpha value is -5.65. The number of imide groups is 4. The summed E-state index contributed by atoms with van der Waals surface area (Å²) in [6, 6.07) is 19.5. The number of anilines is 1. The number of rotatable bonds is 6. The molecule has 252 valence electrons. The number of nitrogens with one attached hydrogen (secondary N) is 1. The Labute approximate surface area is 282 Å². The molecule has 0 unspecified atom stereocenters. The van der Waals surface area contributed by atoms with Crippen LogP contribution in [0.15, 0.2) is 78.4 Å². The van der Waals surface area contributed by atoms with E-state index in [1.807, 2.05) is 43.3 Å². The monoisotopic (exact) mass is 665 g/mol. The number of phenols is 1. The number of methoxy groups -OCH3 is 3. The number of amides is 5. The molecule has 3 aromatic carbocycles. The number of hydrogen-bond acceptors (Lipinski definition) is 10. The van der Waals surface area contributed by atoms with Crippen molar-refractivity contribution in [1.82, 2.24) is 9.91 Å². The zero-order valence-corrected chi connectivity index (χ0v) is 27.3. The third kappa shape index (κ3) is 4.53. The second-order valence-electron chi connectivity index (χ2n) is 12.8. The summed E-state index contributed by atoms with van der Waals surface area (Å²) >= 11 is 0. The van der Waals surface area contributed by atoms with E-state index in [4.69, 9.17) is 14.2 Å². The summed E-state index contributed by atoms with van der Waals surface area (Å²) in [5, 5.41) is 11.9. The molecule has 2 aliphatic carbocycles. The minimum Gasteiger partial charge on any atom is -0.502 e. The van der Waals surface area contributed by atoms with E-state index >= 15 is 4.79 Å². The van der Waals surface area contributed by atoms with Gasteiger partial charge in [0.25, 0.3) is 11.8 Å². The number of hydrogen-bond donors (Lipinski definition) is 2. The number of aryl methyl sites for hydroxylation is 1. The fourth-order valence-electron chi connectivity index (χ4n) is 8.47. The standard InChI is InChI=1S/C37H35N3O9/c1-19-10-12-22(13-11-19)38-40-33(43)26-18-25-23(14-15-24-29(25)34(44)39(32(24)42)36(46)49-4)30(20-16-27(47-2)31(41)28(17-20)48-3)37(26,35(40)45)21-8-6-5-7-9-21/h5-14,16-17,24-26,29-30,38,41H,15,18H2,1-4H3/t24-,25+,26-,29-,30-,37+/m0/s1. The Bertz CT molecular complexity index is 1900. The molecule has 7 rings (SSSR count). The SMILES string of the molecule is COC(=O)N1C(=O)[C@H]2[C@H](CC=C3[C@H]2C[C@H]2C(=O)N(Nc4ccc(C)cc4)C(=O)[C@@]2(c2ccccc2)[C@H]3c2cc(OC)c(O)c(OC)c2)C1=O. The number of ether oxygens (including phenoxy) is 3. The first-order valence-electron chi connectivity index (χ1n) is 16.0. The van der Waals surface area contributed by atoms with E-state index < -0.39 is 64.7 Å². The van der Waals surface area contributed by atoms with Crippen molar-refractivity contribution >= 4 is 35.4 Å². The lowest BCUT2D eigenvalue weighted by atomic mass is 9.49. The molecule has 2 heterocycles. The van der Waals surface area contributed by atoms with Gasteiger partial charge in [-0.2, -0.15) is 9.91 Å². The molecule has 5 amide bonds. The van der Waals surface area contributed by atoms with Gasteiger partial charge >= 0.3 is 6.09 Å². The van der Waals surface area contributed by atoms with Crippen molar-refractivity contribution in [3.05, 3.63) is 95.1 Å². The number of phenolic OH excluding ortho intramolecular Hbond substituents is 1. The molecule has 12 nitrogen and oxygen atoms in total. The maximum absolute atomic E-state index is 15.2. The van der Waals surface area contributed by atoms with Crippen LogP contribution in [-0.2, 0) is 29.3 Å². The third-order valence-electron chi connectivity index (χ3n) is 10.6. The Balaban J connectivity index is 1.48. The van der Waals surface area contributed by atoms with E-state index in [1.165, 1.54) is 14.2 Å². The minimum atomic E-state index is -1.54. The average molecular weight is 666 g/mol. The van der Waals surface area contributed by atoms with E-state index in [2.05, 4.69) is 5.43 Å². The summed E-state index contributed by atoms with van der Waals surface area (Å²) in [6.07, 6.45) is 0.976. The summed E-state index contributed by atoms with van der Waals surface area (Å²) in [6.45, 7) is 1.93. The summed E-state index contributed by atoms with van der Waals surface area (Å²) in [5.74, 6) is -6.84. The van der Waals surface area contributed by atoms with Crippen molar-refractivity contribution < 1.29 is 43.3 Å². The van der Waals surface area contributed by atoms with Gasteiger partial charge < -0.3 is 19.3 Å². The molecular formula is C37H35N3O9. The smallest absolute Gasteiger partial charge is 0.423 e. The van der Waals surface area contributed by atoms with E-state index in [0.29, 0.717) is 27.3 Å². The Morgan fingerprint density at radius 1 is 0.878 bits per heavy atom. The molecule has 6 atom stereocenters. The first-order valence-corrected chi connectivity index (χ1v) is 16.0. The molecule has 49 heavy (non-hydrogen) atoms. The molecule has 2 N–H and O–H groups in total. The van der Waals surface area contributed by atoms with Crippen LogP contribution in [0.1, 0.15) is 35.4 Å². The molecule has 4 aliphatic rings. The van der Waals surface area contributed by atoms with Crippen molar-refractivity contribution in [2.24, 2.45) is 23.7 Å². The topological polar surface area (TPSA) is 152 Å². The highest BCUT2D eigenvalue weighted by Gasteiger charge is 2.70. The van der Waals surface area contributed by atoms with E-state index in [0.717, 1.165) is 17.7 Å². The highest BCUT2D eigenvalue weighted by Crippen LogP contribution is 2.64. The van der Waals surface area contributed by atoms with Crippen LogP contribution in [0.2, 0.25) is 0 Å². The minimum absolute atomic E-state index is 0.0510. The zero-order valence-electron chi connectivity index (χ0n) is 27.3. The molecular weight excluding hydrogens is 630 g/mol. The van der Waals surface area contributed by atoms with Gasteiger partial charge in [-0.05, 0) is 61.1 Å². The van der Waals surface area contributed by atoms with Crippen molar-refractivity contribution in [2.75, 3.05) is 26.8 Å². The molecule has 2 aliphatic heterocycles. The van der Waals surface area contributed by atoms with Crippen molar-refractivity contribution in [1.29, 1.82) is 0 Å². The molecule has 0 bridgehead atoms. The zero-order chi connectivity index (χ0) is 34.8. The maximum atomic E-state index is 15.2. The highest BCUT2D eigenvalue weighted by molar-refractivity contribution is 6.16. The number of likely N-dealkylation sites (tertiary alicyclic amines) is 1. The van der Waals surface area contributed by atoms with Crippen molar-refractivity contribution in [3.8, 4) is 17.2 Å². The van der Waals surface area contributed by atoms with Gasteiger partial charge in [-0.15, -0.1) is 0 Å². The van der Waals surface area contributed by atoms with Crippen LogP contribution in [0.4, 0.5) is 10.5 Å². The Morgan fingerprint density at radius 3 is 2.14 bits per heavy atom. The predicted molar refractivity (Wildman–Crippen MR) is 174 cm³/mol. The number of nitrogens with zero attached hydrogens (tertiary/aromatic N) is 2. The fraction of sp³-hybridized carbons (Fsp3) is 0.324. The molecule has 0 aromatic heterocycles. The van der Waals surface area contributed by atoms with E-state index in [-0.39, 0.29) is 30.1 Å². The summed E-state index contributed by atoms with van der Waals surface area (Å²) in [7, 11) is 3.89. The largest absolute Gasteiger partial charge is 0.502 e. The van der Waals surface area contributed by atoms with Crippen LogP contribution in [0.5, 0.6) is 17.2 Å². The number of hydrazine groups is 1. The number of aromatic hydroxyl groups is 1. The average Bonchev–Trinajstić information content (AvgIpc) is 3.50. The van der Waals surface area contributed by atoms with Crippen molar-refractivity contribution in [3.63, 3.8) is 0 Å². The quantitative estimate of drug-likeness (QED) is 0.285. The Morgan fingerprint density at radius 2 is 1.53 bits per heavy atom. The van der Waals surface area contributed by atoms with E-state index in [9.17, 15) is 24.3 Å². The van der Waals surface area contributed by atoms with Crippen LogP contribution < -0.4 is 14.9 Å². The molecule has 0 radical (unpaired) electrons. The number of benzene rings is 3. The lowest BCUT2D eigenvalue weighted by molar-refractivity contribution is -0.140. The highest BCUT2D eigenvalue weighted by atomic mass is 16.5. The second-order valence-corrected chi connectivity index (χ2v) is 12.8. The maximum Gasteiger partial charge on any atom is 0.423 e. The van der Waals surface area contributed by atoms with E-state index in [1.54, 1.807) is 36.4 Å². The normalized spacial score (nSPS) is 27.3. The van der Waals surface area contributed by atoms with Gasteiger partial charge in [0.15, 0.2) is 11.5 Å². The summed E-state index contributed by atoms with van der Waals surface area (Å²) in [4.78, 5) is 70.5. The van der Waals surface area contributed by atoms with Gasteiger partial charge in [0, 0.05) is 5.92 Å². The lowest BCUT2D eigenvalue weighted by Gasteiger charge is -2.50. The summed E-state index contributed by atoms with van der Waals surface area (Å²) in [5.41, 5.74) is 4.78. The van der Waals surface area contributed by atoms with Crippen LogP contribution >= 0.6 is 0 Å². The molecule has 1 saturated carbocycles. The van der Waals surface area contributed by atoms with Gasteiger partial charge in [0.2, 0.25) is 17.6 Å². The van der Waals surface area contributed by atoms with Crippen LogP contribution in [0.3, 0.4) is 0 Å². The van der Waals surface area contributed by atoms with Crippen LogP contribution in [-0.4, -0.2) is 66.1 Å². The molecule has 3 fully saturated rings. The van der Waals surface area contributed by atoms with Crippen LogP contribution in [0.25, 0.3) is 0 Å². The molecule has 12 heteroatoms. The third-order valence-corrected chi connectivity index (χ3v) is 10.6. The van der Waals surface area contributed by atoms with Gasteiger partial charge in [-0.3, -0.25) is 24.6 Å². The first-order chi connectivity index (χ1) is 23.6.